The summed E-state index contributed by atoms with van der Waals surface area (Å²) in [6.45, 7) is 4.00. The van der Waals surface area contributed by atoms with Gasteiger partial charge in [0.1, 0.15) is 0 Å². The number of hydrogen-bond acceptors (Lipinski definition) is 3. The van der Waals surface area contributed by atoms with E-state index in [0.717, 1.165) is 23.2 Å². The van der Waals surface area contributed by atoms with E-state index < -0.39 is 0 Å². The summed E-state index contributed by atoms with van der Waals surface area (Å²) in [5.74, 6) is 0.0246. The van der Waals surface area contributed by atoms with Gasteiger partial charge in [0.15, 0.2) is 0 Å². The summed E-state index contributed by atoms with van der Waals surface area (Å²) in [6, 6.07) is 12.0. The topological polar surface area (TPSA) is 55.1 Å². The van der Waals surface area contributed by atoms with Gasteiger partial charge in [-0.25, -0.2) is 0 Å². The van der Waals surface area contributed by atoms with E-state index in [1.807, 2.05) is 38.1 Å². The number of fused-ring (bicyclic) bond motifs is 1. The molecule has 3 rings (SSSR count). The van der Waals surface area contributed by atoms with Crippen LogP contribution >= 0.6 is 11.8 Å². The monoisotopic (exact) mass is 298 g/mol. The first-order valence-electron chi connectivity index (χ1n) is 6.97. The number of nitrogen functional groups attached to an aromatic ring is 1. The molecule has 1 heterocycles. The lowest BCUT2D eigenvalue weighted by molar-refractivity contribution is -0.115. The number of benzene rings is 2. The summed E-state index contributed by atoms with van der Waals surface area (Å²) in [4.78, 5) is 13.7. The van der Waals surface area contributed by atoms with Crippen molar-refractivity contribution < 1.29 is 4.79 Å². The third-order valence-corrected chi connectivity index (χ3v) is 5.27. The van der Waals surface area contributed by atoms with Gasteiger partial charge in [-0.2, -0.15) is 0 Å². The summed E-state index contributed by atoms with van der Waals surface area (Å²) in [6.07, 6.45) is 0.775. The van der Waals surface area contributed by atoms with Crippen LogP contribution < -0.4 is 11.1 Å². The molecular formula is C17H18N2OS. The van der Waals surface area contributed by atoms with Gasteiger partial charge in [0.25, 0.3) is 0 Å². The fourth-order valence-corrected chi connectivity index (χ4v) is 3.73. The van der Waals surface area contributed by atoms with Gasteiger partial charge in [-0.3, -0.25) is 4.79 Å². The molecule has 3 N–H and O–H groups in total. The van der Waals surface area contributed by atoms with Gasteiger partial charge in [-0.15, -0.1) is 11.8 Å². The SMILES string of the molecule is Cc1ccc(N)c(NC(=O)C2Cc3ccccc3S2)c1C. The molecule has 3 nitrogen and oxygen atoms in total. The summed E-state index contributed by atoms with van der Waals surface area (Å²) < 4.78 is 0. The maximum Gasteiger partial charge on any atom is 0.238 e. The van der Waals surface area contributed by atoms with E-state index in [4.69, 9.17) is 5.73 Å². The number of nitrogens with one attached hydrogen (secondary N) is 1. The molecule has 2 aromatic rings. The van der Waals surface area contributed by atoms with Crippen molar-refractivity contribution >= 4 is 29.0 Å². The van der Waals surface area contributed by atoms with E-state index in [1.54, 1.807) is 11.8 Å². The lowest BCUT2D eigenvalue weighted by atomic mass is 10.1. The lowest BCUT2D eigenvalue weighted by Crippen LogP contribution is -2.25. The Morgan fingerprint density at radius 2 is 2.00 bits per heavy atom. The largest absolute Gasteiger partial charge is 0.397 e. The van der Waals surface area contributed by atoms with Crippen LogP contribution in [-0.2, 0) is 11.2 Å². The first-order valence-corrected chi connectivity index (χ1v) is 7.85. The van der Waals surface area contributed by atoms with Crippen LogP contribution in [0.15, 0.2) is 41.3 Å². The third kappa shape index (κ3) is 2.63. The smallest absolute Gasteiger partial charge is 0.238 e. The zero-order valence-electron chi connectivity index (χ0n) is 12.1. The maximum absolute atomic E-state index is 12.5. The van der Waals surface area contributed by atoms with Crippen LogP contribution in [0.5, 0.6) is 0 Å². The Labute approximate surface area is 128 Å². The van der Waals surface area contributed by atoms with Crippen molar-refractivity contribution in [3.05, 3.63) is 53.1 Å². The minimum Gasteiger partial charge on any atom is -0.397 e. The predicted octanol–water partition coefficient (Wildman–Crippen LogP) is 3.54. The summed E-state index contributed by atoms with van der Waals surface area (Å²) in [5, 5.41) is 2.93. The van der Waals surface area contributed by atoms with E-state index in [9.17, 15) is 4.79 Å². The van der Waals surface area contributed by atoms with Crippen LogP contribution in [0.2, 0.25) is 0 Å². The number of aryl methyl sites for hydroxylation is 1. The predicted molar refractivity (Wildman–Crippen MR) is 88.7 cm³/mol. The van der Waals surface area contributed by atoms with E-state index in [0.29, 0.717) is 5.69 Å². The number of anilines is 2. The van der Waals surface area contributed by atoms with E-state index in [-0.39, 0.29) is 11.2 Å². The van der Waals surface area contributed by atoms with Crippen molar-refractivity contribution in [3.8, 4) is 0 Å². The van der Waals surface area contributed by atoms with E-state index in [2.05, 4.69) is 17.4 Å². The van der Waals surface area contributed by atoms with Crippen LogP contribution in [0, 0.1) is 13.8 Å². The molecule has 0 spiro atoms. The van der Waals surface area contributed by atoms with Crippen LogP contribution in [0.3, 0.4) is 0 Å². The maximum atomic E-state index is 12.5. The average Bonchev–Trinajstić information content (AvgIpc) is 2.91. The number of rotatable bonds is 2. The van der Waals surface area contributed by atoms with Gasteiger partial charge in [-0.1, -0.05) is 24.3 Å². The fraction of sp³-hybridized carbons (Fsp3) is 0.235. The van der Waals surface area contributed by atoms with Gasteiger partial charge >= 0.3 is 0 Å². The molecule has 2 aromatic carbocycles. The summed E-state index contributed by atoms with van der Waals surface area (Å²) >= 11 is 1.63. The molecule has 0 fully saturated rings. The highest BCUT2D eigenvalue weighted by Crippen LogP contribution is 2.37. The molecule has 0 radical (unpaired) electrons. The Balaban J connectivity index is 1.79. The minimum absolute atomic E-state index is 0.0246. The Morgan fingerprint density at radius 1 is 1.24 bits per heavy atom. The molecule has 4 heteroatoms. The van der Waals surface area contributed by atoms with Crippen molar-refractivity contribution in [2.24, 2.45) is 0 Å². The molecule has 1 atom stereocenters. The summed E-state index contributed by atoms with van der Waals surface area (Å²) in [7, 11) is 0. The zero-order chi connectivity index (χ0) is 15.0. The van der Waals surface area contributed by atoms with Gasteiger partial charge < -0.3 is 11.1 Å². The second-order valence-electron chi connectivity index (χ2n) is 5.38. The molecule has 0 aromatic heterocycles. The number of hydrogen-bond donors (Lipinski definition) is 2. The van der Waals surface area contributed by atoms with Gasteiger partial charge in [-0.05, 0) is 49.1 Å². The van der Waals surface area contributed by atoms with E-state index in [1.165, 1.54) is 10.5 Å². The Kier molecular flexibility index (Phi) is 3.64. The standard InChI is InChI=1S/C17H18N2OS/c1-10-7-8-13(18)16(11(10)2)19-17(20)15-9-12-5-3-4-6-14(12)21-15/h3-8,15H,9,18H2,1-2H3,(H,19,20). The first-order chi connectivity index (χ1) is 10.1. The van der Waals surface area contributed by atoms with Crippen molar-refractivity contribution in [2.45, 2.75) is 30.4 Å². The molecule has 0 saturated carbocycles. The fourth-order valence-electron chi connectivity index (χ4n) is 2.53. The molecule has 1 aliphatic rings. The third-order valence-electron chi connectivity index (χ3n) is 3.96. The molecule has 0 bridgehead atoms. The van der Waals surface area contributed by atoms with Crippen LogP contribution in [0.4, 0.5) is 11.4 Å². The number of amides is 1. The lowest BCUT2D eigenvalue weighted by Gasteiger charge is -2.15. The molecule has 1 amide bonds. The highest BCUT2D eigenvalue weighted by atomic mass is 32.2. The van der Waals surface area contributed by atoms with Crippen LogP contribution in [0.25, 0.3) is 0 Å². The van der Waals surface area contributed by atoms with Crippen LogP contribution in [-0.4, -0.2) is 11.2 Å². The van der Waals surface area contributed by atoms with Gasteiger partial charge in [0, 0.05) is 4.90 Å². The minimum atomic E-state index is -0.0817. The molecule has 21 heavy (non-hydrogen) atoms. The molecular weight excluding hydrogens is 280 g/mol. The van der Waals surface area contributed by atoms with Gasteiger partial charge in [0.2, 0.25) is 5.91 Å². The molecule has 108 valence electrons. The van der Waals surface area contributed by atoms with Crippen LogP contribution in [0.1, 0.15) is 16.7 Å². The van der Waals surface area contributed by atoms with E-state index >= 15 is 0 Å². The quantitative estimate of drug-likeness (QED) is 0.834. The highest BCUT2D eigenvalue weighted by molar-refractivity contribution is 8.01. The summed E-state index contributed by atoms with van der Waals surface area (Å²) in [5.41, 5.74) is 10.8. The van der Waals surface area contributed by atoms with Crippen molar-refractivity contribution in [1.82, 2.24) is 0 Å². The normalized spacial score (nSPS) is 16.6. The molecule has 1 unspecified atom stereocenters. The second kappa shape index (κ2) is 5.45. The van der Waals surface area contributed by atoms with Crippen molar-refractivity contribution in [2.75, 3.05) is 11.1 Å². The zero-order valence-corrected chi connectivity index (χ0v) is 13.0. The van der Waals surface area contributed by atoms with Crippen molar-refractivity contribution in [1.29, 1.82) is 0 Å². The Bertz CT molecular complexity index is 687. The molecule has 1 aliphatic heterocycles. The second-order valence-corrected chi connectivity index (χ2v) is 6.62. The number of carbonyl (C=O) groups excluding carboxylic acids is 1. The number of nitrogens with two attached hydrogens (primary N) is 1. The first kappa shape index (κ1) is 14.0. The number of thioether (sulfide) groups is 1. The average molecular weight is 298 g/mol. The van der Waals surface area contributed by atoms with Gasteiger partial charge in [0.05, 0.1) is 16.6 Å². The molecule has 0 saturated heterocycles. The Morgan fingerprint density at radius 3 is 2.76 bits per heavy atom. The highest BCUT2D eigenvalue weighted by Gasteiger charge is 2.28. The van der Waals surface area contributed by atoms with Crippen molar-refractivity contribution in [3.63, 3.8) is 0 Å². The Hall–Kier alpha value is -1.94. The number of carbonyl (C=O) groups is 1. The molecule has 0 aliphatic carbocycles.